The van der Waals surface area contributed by atoms with Gasteiger partial charge in [-0.1, -0.05) is 6.07 Å². The van der Waals surface area contributed by atoms with Crippen molar-refractivity contribution in [2.75, 3.05) is 13.1 Å². The van der Waals surface area contributed by atoms with E-state index in [1.54, 1.807) is 24.4 Å². The van der Waals surface area contributed by atoms with Crippen LogP contribution in [0.5, 0.6) is 0 Å². The highest BCUT2D eigenvalue weighted by Gasteiger charge is 2.03. The van der Waals surface area contributed by atoms with Crippen LogP contribution in [0, 0.1) is 0 Å². The summed E-state index contributed by atoms with van der Waals surface area (Å²) in [4.78, 5) is 15.2. The van der Waals surface area contributed by atoms with E-state index in [0.717, 1.165) is 6.42 Å². The van der Waals surface area contributed by atoms with Crippen LogP contribution in [-0.4, -0.2) is 24.0 Å². The summed E-state index contributed by atoms with van der Waals surface area (Å²) in [7, 11) is 0. The number of amides is 1. The molecular weight excluding hydrogens is 202 g/mol. The smallest absolute Gasteiger partial charge is 0.269 e. The van der Waals surface area contributed by atoms with Crippen LogP contribution in [0.15, 0.2) is 24.4 Å². The highest BCUT2D eigenvalue weighted by molar-refractivity contribution is 5.92. The van der Waals surface area contributed by atoms with E-state index in [9.17, 15) is 4.79 Å². The predicted molar refractivity (Wildman–Crippen MR) is 57.5 cm³/mol. The molecule has 0 bridgehead atoms. The van der Waals surface area contributed by atoms with Gasteiger partial charge in [-0.05, 0) is 25.1 Å². The molecule has 14 heavy (non-hydrogen) atoms. The van der Waals surface area contributed by atoms with Crippen molar-refractivity contribution < 1.29 is 4.79 Å². The van der Waals surface area contributed by atoms with Gasteiger partial charge in [-0.2, -0.15) is 0 Å². The molecule has 3 N–H and O–H groups in total. The van der Waals surface area contributed by atoms with Crippen LogP contribution in [-0.2, 0) is 0 Å². The van der Waals surface area contributed by atoms with Crippen molar-refractivity contribution in [2.24, 2.45) is 5.73 Å². The highest BCUT2D eigenvalue weighted by atomic mass is 35.5. The molecule has 0 aliphatic heterocycles. The van der Waals surface area contributed by atoms with Gasteiger partial charge in [0.15, 0.2) is 0 Å². The van der Waals surface area contributed by atoms with Crippen LogP contribution in [0.4, 0.5) is 0 Å². The standard InChI is InChI=1S/C9H13N3O.ClH/c10-5-3-7-12-9(13)8-4-1-2-6-11-8;/h1-2,4,6H,3,5,7,10H2,(H,12,13);1H. The Morgan fingerprint density at radius 3 is 2.86 bits per heavy atom. The number of pyridine rings is 1. The molecule has 5 heteroatoms. The first-order valence-electron chi connectivity index (χ1n) is 4.24. The van der Waals surface area contributed by atoms with Gasteiger partial charge in [0.1, 0.15) is 5.69 Å². The van der Waals surface area contributed by atoms with Crippen LogP contribution < -0.4 is 11.1 Å². The average Bonchev–Trinajstić information content (AvgIpc) is 2.19. The second kappa shape index (κ2) is 7.29. The van der Waals surface area contributed by atoms with Crippen molar-refractivity contribution in [3.63, 3.8) is 0 Å². The van der Waals surface area contributed by atoms with E-state index >= 15 is 0 Å². The van der Waals surface area contributed by atoms with Crippen molar-refractivity contribution in [2.45, 2.75) is 6.42 Å². The first-order chi connectivity index (χ1) is 6.34. The predicted octanol–water partition coefficient (Wildman–Crippen LogP) is 0.582. The first kappa shape index (κ1) is 12.9. The molecule has 1 rings (SSSR count). The van der Waals surface area contributed by atoms with E-state index < -0.39 is 0 Å². The van der Waals surface area contributed by atoms with Gasteiger partial charge in [-0.15, -0.1) is 12.4 Å². The zero-order valence-corrected chi connectivity index (χ0v) is 8.59. The van der Waals surface area contributed by atoms with Gasteiger partial charge in [0.05, 0.1) is 0 Å². The van der Waals surface area contributed by atoms with Crippen molar-refractivity contribution in [3.05, 3.63) is 30.1 Å². The Morgan fingerprint density at radius 1 is 1.50 bits per heavy atom. The minimum absolute atomic E-state index is 0. The number of halogens is 1. The third-order valence-corrected chi connectivity index (χ3v) is 1.56. The second-order valence-electron chi connectivity index (χ2n) is 2.61. The van der Waals surface area contributed by atoms with Gasteiger partial charge in [-0.3, -0.25) is 9.78 Å². The Bertz CT molecular complexity index is 266. The van der Waals surface area contributed by atoms with E-state index in [2.05, 4.69) is 10.3 Å². The van der Waals surface area contributed by atoms with Gasteiger partial charge < -0.3 is 11.1 Å². The van der Waals surface area contributed by atoms with E-state index in [-0.39, 0.29) is 18.3 Å². The van der Waals surface area contributed by atoms with Gasteiger partial charge in [0.25, 0.3) is 5.91 Å². The van der Waals surface area contributed by atoms with Crippen LogP contribution in [0.25, 0.3) is 0 Å². The maximum atomic E-state index is 11.3. The summed E-state index contributed by atoms with van der Waals surface area (Å²) < 4.78 is 0. The molecule has 1 aromatic rings. The van der Waals surface area contributed by atoms with Gasteiger partial charge in [-0.25, -0.2) is 0 Å². The fourth-order valence-electron chi connectivity index (χ4n) is 0.892. The molecule has 0 unspecified atom stereocenters. The first-order valence-corrected chi connectivity index (χ1v) is 4.24. The van der Waals surface area contributed by atoms with E-state index in [1.165, 1.54) is 0 Å². The minimum atomic E-state index is -0.144. The molecule has 1 amide bonds. The monoisotopic (exact) mass is 215 g/mol. The van der Waals surface area contributed by atoms with E-state index in [4.69, 9.17) is 5.73 Å². The Hall–Kier alpha value is -1.13. The maximum absolute atomic E-state index is 11.3. The highest BCUT2D eigenvalue weighted by Crippen LogP contribution is 1.92. The Morgan fingerprint density at radius 2 is 2.29 bits per heavy atom. The van der Waals surface area contributed by atoms with Gasteiger partial charge in [0, 0.05) is 12.7 Å². The van der Waals surface area contributed by atoms with Crippen molar-refractivity contribution in [3.8, 4) is 0 Å². The number of hydrogen-bond acceptors (Lipinski definition) is 3. The Labute approximate surface area is 89.3 Å². The fraction of sp³-hybridized carbons (Fsp3) is 0.333. The molecule has 0 aliphatic carbocycles. The van der Waals surface area contributed by atoms with E-state index in [0.29, 0.717) is 18.8 Å². The van der Waals surface area contributed by atoms with Gasteiger partial charge in [0.2, 0.25) is 0 Å². The molecule has 0 radical (unpaired) electrons. The normalized spacial score (nSPS) is 8.93. The maximum Gasteiger partial charge on any atom is 0.269 e. The lowest BCUT2D eigenvalue weighted by molar-refractivity contribution is 0.0948. The molecule has 0 spiro atoms. The number of carbonyl (C=O) groups is 1. The largest absolute Gasteiger partial charge is 0.351 e. The average molecular weight is 216 g/mol. The molecule has 0 atom stereocenters. The number of aromatic nitrogens is 1. The van der Waals surface area contributed by atoms with Crippen molar-refractivity contribution in [1.29, 1.82) is 0 Å². The molecule has 78 valence electrons. The molecule has 0 saturated carbocycles. The van der Waals surface area contributed by atoms with Crippen molar-refractivity contribution in [1.82, 2.24) is 10.3 Å². The summed E-state index contributed by atoms with van der Waals surface area (Å²) in [6, 6.07) is 5.24. The quantitative estimate of drug-likeness (QED) is 0.723. The summed E-state index contributed by atoms with van der Waals surface area (Å²) in [6.45, 7) is 1.19. The summed E-state index contributed by atoms with van der Waals surface area (Å²) in [5.74, 6) is -0.144. The lowest BCUT2D eigenvalue weighted by Crippen LogP contribution is -2.26. The Balaban J connectivity index is 0.00000169. The molecule has 0 aliphatic rings. The lowest BCUT2D eigenvalue weighted by atomic mass is 10.3. The molecule has 0 fully saturated rings. The number of hydrogen-bond donors (Lipinski definition) is 2. The zero-order chi connectivity index (χ0) is 9.52. The number of nitrogens with two attached hydrogens (primary N) is 1. The number of rotatable bonds is 4. The summed E-state index contributed by atoms with van der Waals surface area (Å²) in [5.41, 5.74) is 5.73. The number of nitrogens with one attached hydrogen (secondary N) is 1. The summed E-state index contributed by atoms with van der Waals surface area (Å²) in [5, 5.41) is 2.72. The van der Waals surface area contributed by atoms with E-state index in [1.807, 2.05) is 0 Å². The Kier molecular flexibility index (Phi) is 6.70. The SMILES string of the molecule is Cl.NCCCNC(=O)c1ccccn1. The summed E-state index contributed by atoms with van der Waals surface area (Å²) >= 11 is 0. The number of carbonyl (C=O) groups excluding carboxylic acids is 1. The zero-order valence-electron chi connectivity index (χ0n) is 7.77. The fourth-order valence-corrected chi connectivity index (χ4v) is 0.892. The molecule has 1 heterocycles. The topological polar surface area (TPSA) is 68.0 Å². The van der Waals surface area contributed by atoms with Crippen LogP contribution >= 0.6 is 12.4 Å². The third kappa shape index (κ3) is 4.20. The van der Waals surface area contributed by atoms with Crippen LogP contribution in [0.3, 0.4) is 0 Å². The minimum Gasteiger partial charge on any atom is -0.351 e. The van der Waals surface area contributed by atoms with Crippen LogP contribution in [0.2, 0.25) is 0 Å². The molecule has 4 nitrogen and oxygen atoms in total. The lowest BCUT2D eigenvalue weighted by Gasteiger charge is -2.02. The second-order valence-corrected chi connectivity index (χ2v) is 2.61. The molecule has 0 saturated heterocycles. The number of nitrogens with zero attached hydrogens (tertiary/aromatic N) is 1. The third-order valence-electron chi connectivity index (χ3n) is 1.56. The molecule has 0 aromatic carbocycles. The van der Waals surface area contributed by atoms with Crippen LogP contribution in [0.1, 0.15) is 16.9 Å². The molecule has 1 aromatic heterocycles. The van der Waals surface area contributed by atoms with Crippen molar-refractivity contribution >= 4 is 18.3 Å². The van der Waals surface area contributed by atoms with Gasteiger partial charge >= 0.3 is 0 Å². The molecular formula is C9H14ClN3O. The summed E-state index contributed by atoms with van der Waals surface area (Å²) in [6.07, 6.45) is 2.39.